The SMILES string of the molecule is Cc1ccccc1C(=O)ONc1ccc(N=NC(=O)c2ccccc2Br)cc1. The van der Waals surface area contributed by atoms with Crippen LogP contribution in [0, 0.1) is 6.92 Å². The number of azo groups is 1. The van der Waals surface area contributed by atoms with E-state index in [1.54, 1.807) is 54.6 Å². The van der Waals surface area contributed by atoms with Crippen molar-refractivity contribution in [1.82, 2.24) is 0 Å². The molecule has 0 aliphatic carbocycles. The van der Waals surface area contributed by atoms with Crippen molar-refractivity contribution in [1.29, 1.82) is 0 Å². The highest BCUT2D eigenvalue weighted by atomic mass is 79.9. The second-order valence-corrected chi connectivity index (χ2v) is 6.69. The zero-order chi connectivity index (χ0) is 19.9. The molecular formula is C21H16BrN3O3. The average molecular weight is 438 g/mol. The number of benzene rings is 3. The van der Waals surface area contributed by atoms with Crippen LogP contribution in [-0.2, 0) is 4.84 Å². The van der Waals surface area contributed by atoms with Gasteiger partial charge < -0.3 is 4.84 Å². The molecule has 6 nitrogen and oxygen atoms in total. The van der Waals surface area contributed by atoms with E-state index < -0.39 is 11.9 Å². The number of carbonyl (C=O) groups excluding carboxylic acids is 2. The lowest BCUT2D eigenvalue weighted by Crippen LogP contribution is -2.11. The first-order valence-electron chi connectivity index (χ1n) is 8.38. The Balaban J connectivity index is 1.59. The summed E-state index contributed by atoms with van der Waals surface area (Å²) in [5.74, 6) is -0.914. The van der Waals surface area contributed by atoms with Crippen molar-refractivity contribution < 1.29 is 14.4 Å². The van der Waals surface area contributed by atoms with Crippen LogP contribution < -0.4 is 5.48 Å². The first-order valence-corrected chi connectivity index (χ1v) is 9.17. The normalized spacial score (nSPS) is 10.6. The number of anilines is 1. The minimum Gasteiger partial charge on any atom is -0.338 e. The van der Waals surface area contributed by atoms with E-state index in [2.05, 4.69) is 31.6 Å². The van der Waals surface area contributed by atoms with Crippen molar-refractivity contribution in [3.8, 4) is 0 Å². The summed E-state index contributed by atoms with van der Waals surface area (Å²) in [6.45, 7) is 1.84. The maximum Gasteiger partial charge on any atom is 0.363 e. The Kier molecular flexibility index (Phi) is 6.29. The van der Waals surface area contributed by atoms with Crippen molar-refractivity contribution in [3.05, 3.63) is 94.0 Å². The highest BCUT2D eigenvalue weighted by Crippen LogP contribution is 2.20. The van der Waals surface area contributed by atoms with E-state index in [1.807, 2.05) is 25.1 Å². The number of amides is 1. The smallest absolute Gasteiger partial charge is 0.338 e. The number of rotatable bonds is 5. The molecule has 0 heterocycles. The number of nitrogens with zero attached hydrogens (tertiary/aromatic N) is 2. The number of hydrogen-bond acceptors (Lipinski definition) is 5. The van der Waals surface area contributed by atoms with Crippen LogP contribution in [0.2, 0.25) is 0 Å². The van der Waals surface area contributed by atoms with E-state index in [0.29, 0.717) is 27.0 Å². The molecule has 28 heavy (non-hydrogen) atoms. The molecule has 0 aliphatic rings. The molecule has 0 saturated heterocycles. The average Bonchev–Trinajstić information content (AvgIpc) is 2.71. The quantitative estimate of drug-likeness (QED) is 0.399. The fourth-order valence-corrected chi connectivity index (χ4v) is 2.80. The van der Waals surface area contributed by atoms with Gasteiger partial charge in [0.15, 0.2) is 0 Å². The van der Waals surface area contributed by atoms with Crippen LogP contribution in [0.5, 0.6) is 0 Å². The van der Waals surface area contributed by atoms with Gasteiger partial charge in [0, 0.05) is 4.47 Å². The summed E-state index contributed by atoms with van der Waals surface area (Å²) in [5, 5.41) is 7.67. The molecule has 140 valence electrons. The van der Waals surface area contributed by atoms with E-state index in [4.69, 9.17) is 4.84 Å². The third kappa shape index (κ3) is 4.89. The zero-order valence-electron chi connectivity index (χ0n) is 14.9. The zero-order valence-corrected chi connectivity index (χ0v) is 16.5. The van der Waals surface area contributed by atoms with Gasteiger partial charge in [-0.25, -0.2) is 10.3 Å². The number of nitrogens with one attached hydrogen (secondary N) is 1. The molecule has 1 amide bonds. The fraction of sp³-hybridized carbons (Fsp3) is 0.0476. The van der Waals surface area contributed by atoms with Crippen molar-refractivity contribution >= 4 is 39.2 Å². The summed E-state index contributed by atoms with van der Waals surface area (Å²) in [4.78, 5) is 29.3. The Morgan fingerprint density at radius 1 is 0.893 bits per heavy atom. The molecule has 0 spiro atoms. The second kappa shape index (κ2) is 9.05. The van der Waals surface area contributed by atoms with Crippen molar-refractivity contribution in [3.63, 3.8) is 0 Å². The van der Waals surface area contributed by atoms with Crippen LogP contribution in [0.15, 0.2) is 87.5 Å². The minimum atomic E-state index is -0.471. The summed E-state index contributed by atoms with van der Waals surface area (Å²) < 4.78 is 0.661. The largest absolute Gasteiger partial charge is 0.363 e. The molecule has 0 bridgehead atoms. The van der Waals surface area contributed by atoms with Crippen molar-refractivity contribution in [2.24, 2.45) is 10.2 Å². The second-order valence-electron chi connectivity index (χ2n) is 5.84. The van der Waals surface area contributed by atoms with Crippen LogP contribution in [0.1, 0.15) is 26.3 Å². The molecule has 3 rings (SSSR count). The Morgan fingerprint density at radius 3 is 2.21 bits per heavy atom. The lowest BCUT2D eigenvalue weighted by atomic mass is 10.1. The molecule has 3 aromatic carbocycles. The van der Waals surface area contributed by atoms with Crippen molar-refractivity contribution in [2.45, 2.75) is 6.92 Å². The third-order valence-electron chi connectivity index (χ3n) is 3.85. The molecule has 0 fully saturated rings. The highest BCUT2D eigenvalue weighted by molar-refractivity contribution is 9.10. The summed E-state index contributed by atoms with van der Waals surface area (Å²) >= 11 is 3.31. The maximum absolute atomic E-state index is 12.1. The summed E-state index contributed by atoms with van der Waals surface area (Å²) in [6.07, 6.45) is 0. The van der Waals surface area contributed by atoms with Gasteiger partial charge in [-0.15, -0.1) is 10.2 Å². The number of aryl methyl sites for hydroxylation is 1. The highest BCUT2D eigenvalue weighted by Gasteiger charge is 2.10. The molecule has 0 unspecified atom stereocenters. The van der Waals surface area contributed by atoms with Gasteiger partial charge in [-0.3, -0.25) is 4.79 Å². The summed E-state index contributed by atoms with van der Waals surface area (Å²) in [6, 6.07) is 20.8. The first-order chi connectivity index (χ1) is 13.5. The minimum absolute atomic E-state index is 0.438. The Hall–Kier alpha value is -3.32. The fourth-order valence-electron chi connectivity index (χ4n) is 2.35. The van der Waals surface area contributed by atoms with Gasteiger partial charge in [-0.05, 0) is 70.9 Å². The first kappa shape index (κ1) is 19.4. The molecule has 0 aromatic heterocycles. The Morgan fingerprint density at radius 2 is 1.54 bits per heavy atom. The Bertz CT molecular complexity index is 1030. The van der Waals surface area contributed by atoms with E-state index in [9.17, 15) is 9.59 Å². The van der Waals surface area contributed by atoms with Crippen LogP contribution in [-0.4, -0.2) is 11.9 Å². The van der Waals surface area contributed by atoms with E-state index in [-0.39, 0.29) is 0 Å². The summed E-state index contributed by atoms with van der Waals surface area (Å²) in [5.41, 5.74) is 5.43. The van der Waals surface area contributed by atoms with E-state index in [1.165, 1.54) is 0 Å². The third-order valence-corrected chi connectivity index (χ3v) is 4.55. The standard InChI is InChI=1S/C21H16BrN3O3/c1-14-6-2-3-7-17(14)21(27)28-25-16-12-10-15(11-13-16)23-24-20(26)18-8-4-5-9-19(18)22/h2-13,25H,1H3. The molecule has 7 heteroatoms. The number of hydrogen-bond donors (Lipinski definition) is 1. The Labute approximate surface area is 170 Å². The van der Waals surface area contributed by atoms with Gasteiger partial charge in [0.25, 0.3) is 5.91 Å². The lowest BCUT2D eigenvalue weighted by molar-refractivity contribution is 0.0595. The molecule has 0 atom stereocenters. The van der Waals surface area contributed by atoms with Crippen LogP contribution in [0.4, 0.5) is 11.4 Å². The van der Waals surface area contributed by atoms with Crippen LogP contribution in [0.3, 0.4) is 0 Å². The maximum atomic E-state index is 12.1. The van der Waals surface area contributed by atoms with Gasteiger partial charge in [-0.2, -0.15) is 0 Å². The van der Waals surface area contributed by atoms with Gasteiger partial charge >= 0.3 is 5.97 Å². The van der Waals surface area contributed by atoms with Crippen LogP contribution in [0.25, 0.3) is 0 Å². The van der Waals surface area contributed by atoms with Crippen LogP contribution >= 0.6 is 15.9 Å². The molecule has 0 radical (unpaired) electrons. The van der Waals surface area contributed by atoms with E-state index in [0.717, 1.165) is 5.56 Å². The number of carbonyl (C=O) groups is 2. The van der Waals surface area contributed by atoms with Gasteiger partial charge in [0.05, 0.1) is 22.5 Å². The molecule has 0 saturated carbocycles. The van der Waals surface area contributed by atoms with Gasteiger partial charge in [-0.1, -0.05) is 30.3 Å². The lowest BCUT2D eigenvalue weighted by Gasteiger charge is -2.08. The summed E-state index contributed by atoms with van der Waals surface area (Å²) in [7, 11) is 0. The number of halogens is 1. The molecule has 0 aliphatic heterocycles. The predicted molar refractivity (Wildman–Crippen MR) is 110 cm³/mol. The van der Waals surface area contributed by atoms with Gasteiger partial charge in [0.2, 0.25) is 0 Å². The molecule has 3 aromatic rings. The topological polar surface area (TPSA) is 80.1 Å². The molecule has 1 N–H and O–H groups in total. The van der Waals surface area contributed by atoms with Crippen molar-refractivity contribution in [2.75, 3.05) is 5.48 Å². The van der Waals surface area contributed by atoms with E-state index >= 15 is 0 Å². The predicted octanol–water partition coefficient (Wildman–Crippen LogP) is 5.87. The molecular weight excluding hydrogens is 422 g/mol. The monoisotopic (exact) mass is 437 g/mol. The van der Waals surface area contributed by atoms with Gasteiger partial charge in [0.1, 0.15) is 0 Å².